The second-order valence-electron chi connectivity index (χ2n) is 4.45. The molecule has 0 aromatic rings. The van der Waals surface area contributed by atoms with E-state index in [4.69, 9.17) is 4.65 Å². The number of hydrogen-bond donors (Lipinski definition) is 0. The predicted molar refractivity (Wildman–Crippen MR) is 55.5 cm³/mol. The van der Waals surface area contributed by atoms with Crippen LogP contribution in [0.25, 0.3) is 0 Å². The first-order valence-electron chi connectivity index (χ1n) is 4.90. The monoisotopic (exact) mass is 169 g/mol. The van der Waals surface area contributed by atoms with Crippen LogP contribution in [0.3, 0.4) is 0 Å². The standard InChI is InChI=1S/C10H22BO/c1-7-9(4)12-11-10(5,6)8(2)3/h8-9H,7H2,1-6H3. The van der Waals surface area contributed by atoms with Crippen molar-refractivity contribution in [2.75, 3.05) is 0 Å². The Balaban J connectivity index is 3.75. The van der Waals surface area contributed by atoms with E-state index in [1.807, 2.05) is 7.48 Å². The van der Waals surface area contributed by atoms with Gasteiger partial charge in [0.25, 0.3) is 7.48 Å². The van der Waals surface area contributed by atoms with Crippen LogP contribution in [0, 0.1) is 5.92 Å². The van der Waals surface area contributed by atoms with Crippen LogP contribution in [0.4, 0.5) is 0 Å². The Hall–Kier alpha value is 0.0249. The van der Waals surface area contributed by atoms with Gasteiger partial charge in [0.05, 0.1) is 0 Å². The molecule has 0 amide bonds. The second kappa shape index (κ2) is 4.91. The molecule has 0 spiro atoms. The van der Waals surface area contributed by atoms with E-state index in [9.17, 15) is 0 Å². The third-order valence-electron chi connectivity index (χ3n) is 2.67. The SMILES string of the molecule is CCC(C)O[B]C(C)(C)C(C)C. The molecule has 0 saturated heterocycles. The van der Waals surface area contributed by atoms with Gasteiger partial charge in [-0.15, -0.1) is 0 Å². The van der Waals surface area contributed by atoms with Crippen LogP contribution in [-0.4, -0.2) is 13.6 Å². The van der Waals surface area contributed by atoms with Gasteiger partial charge in [-0.05, 0) is 24.6 Å². The maximum absolute atomic E-state index is 5.59. The van der Waals surface area contributed by atoms with Crippen molar-refractivity contribution in [3.8, 4) is 0 Å². The van der Waals surface area contributed by atoms with Crippen molar-refractivity contribution >= 4 is 7.48 Å². The lowest BCUT2D eigenvalue weighted by Crippen LogP contribution is -2.25. The van der Waals surface area contributed by atoms with Crippen molar-refractivity contribution < 1.29 is 4.65 Å². The van der Waals surface area contributed by atoms with E-state index in [0.717, 1.165) is 6.42 Å². The topological polar surface area (TPSA) is 9.23 Å². The molecule has 0 rings (SSSR count). The average molecular weight is 169 g/mol. The molecule has 0 saturated carbocycles. The minimum Gasteiger partial charge on any atom is -0.438 e. The van der Waals surface area contributed by atoms with Gasteiger partial charge < -0.3 is 4.65 Å². The molecule has 2 heteroatoms. The van der Waals surface area contributed by atoms with E-state index < -0.39 is 0 Å². The Morgan fingerprint density at radius 3 is 2.08 bits per heavy atom. The summed E-state index contributed by atoms with van der Waals surface area (Å²) in [7, 11) is 1.99. The Kier molecular flexibility index (Phi) is 4.92. The molecule has 1 nitrogen and oxygen atoms in total. The summed E-state index contributed by atoms with van der Waals surface area (Å²) in [5, 5.41) is 0.184. The van der Waals surface area contributed by atoms with Crippen molar-refractivity contribution in [2.45, 2.75) is 59.4 Å². The van der Waals surface area contributed by atoms with Gasteiger partial charge in [0, 0.05) is 6.10 Å². The molecule has 0 aliphatic heterocycles. The van der Waals surface area contributed by atoms with Gasteiger partial charge >= 0.3 is 0 Å². The molecule has 1 atom stereocenters. The lowest BCUT2D eigenvalue weighted by Gasteiger charge is -2.28. The van der Waals surface area contributed by atoms with Crippen molar-refractivity contribution in [3.63, 3.8) is 0 Å². The number of hydrogen-bond acceptors (Lipinski definition) is 1. The fourth-order valence-corrected chi connectivity index (χ4v) is 0.524. The highest BCUT2D eigenvalue weighted by Crippen LogP contribution is 2.32. The van der Waals surface area contributed by atoms with E-state index in [0.29, 0.717) is 12.0 Å². The van der Waals surface area contributed by atoms with Crippen LogP contribution in [0.15, 0.2) is 0 Å². The van der Waals surface area contributed by atoms with E-state index in [1.54, 1.807) is 0 Å². The van der Waals surface area contributed by atoms with Crippen LogP contribution in [-0.2, 0) is 4.65 Å². The lowest BCUT2D eigenvalue weighted by molar-refractivity contribution is 0.211. The van der Waals surface area contributed by atoms with Gasteiger partial charge in [0.1, 0.15) is 0 Å². The normalized spacial score (nSPS) is 14.9. The van der Waals surface area contributed by atoms with Gasteiger partial charge in [-0.3, -0.25) is 0 Å². The van der Waals surface area contributed by atoms with E-state index in [1.165, 1.54) is 0 Å². The summed E-state index contributed by atoms with van der Waals surface area (Å²) >= 11 is 0. The van der Waals surface area contributed by atoms with Gasteiger partial charge in [-0.25, -0.2) is 0 Å². The highest BCUT2D eigenvalue weighted by atomic mass is 16.4. The first-order chi connectivity index (χ1) is 5.40. The van der Waals surface area contributed by atoms with Crippen LogP contribution in [0.1, 0.15) is 48.0 Å². The molecular formula is C10H22BO. The third kappa shape index (κ3) is 4.15. The Morgan fingerprint density at radius 1 is 1.25 bits per heavy atom. The summed E-state index contributed by atoms with van der Waals surface area (Å²) < 4.78 is 5.59. The van der Waals surface area contributed by atoms with Crippen LogP contribution in [0.5, 0.6) is 0 Å². The quantitative estimate of drug-likeness (QED) is 0.574. The highest BCUT2D eigenvalue weighted by molar-refractivity contribution is 6.32. The fraction of sp³-hybridized carbons (Fsp3) is 1.00. The molecule has 12 heavy (non-hydrogen) atoms. The van der Waals surface area contributed by atoms with Gasteiger partial charge in [-0.1, -0.05) is 34.6 Å². The maximum Gasteiger partial charge on any atom is 0.299 e. The first kappa shape index (κ1) is 12.0. The largest absolute Gasteiger partial charge is 0.438 e. The van der Waals surface area contributed by atoms with E-state index in [-0.39, 0.29) is 5.31 Å². The minimum absolute atomic E-state index is 0.184. The zero-order valence-corrected chi connectivity index (χ0v) is 9.35. The zero-order chi connectivity index (χ0) is 9.78. The van der Waals surface area contributed by atoms with Gasteiger partial charge in [0.2, 0.25) is 0 Å². The summed E-state index contributed by atoms with van der Waals surface area (Å²) in [6, 6.07) is 0. The van der Waals surface area contributed by atoms with Crippen molar-refractivity contribution in [3.05, 3.63) is 0 Å². The molecule has 0 N–H and O–H groups in total. The minimum atomic E-state index is 0.184. The van der Waals surface area contributed by atoms with Crippen molar-refractivity contribution in [2.24, 2.45) is 5.92 Å². The Bertz CT molecular complexity index is 121. The maximum atomic E-state index is 5.59. The highest BCUT2D eigenvalue weighted by Gasteiger charge is 2.25. The van der Waals surface area contributed by atoms with Crippen LogP contribution < -0.4 is 0 Å². The summed E-state index contributed by atoms with van der Waals surface area (Å²) in [6.07, 6.45) is 1.42. The molecule has 0 aromatic carbocycles. The molecule has 0 aliphatic rings. The molecule has 0 bridgehead atoms. The van der Waals surface area contributed by atoms with E-state index >= 15 is 0 Å². The fourth-order valence-electron chi connectivity index (χ4n) is 0.524. The molecular weight excluding hydrogens is 147 g/mol. The van der Waals surface area contributed by atoms with Gasteiger partial charge in [0.15, 0.2) is 0 Å². The predicted octanol–water partition coefficient (Wildman–Crippen LogP) is 3.28. The molecule has 1 radical (unpaired) electrons. The molecule has 0 heterocycles. The van der Waals surface area contributed by atoms with Crippen LogP contribution in [0.2, 0.25) is 5.31 Å². The zero-order valence-electron chi connectivity index (χ0n) is 9.35. The Labute approximate surface area is 78.2 Å². The molecule has 0 aliphatic carbocycles. The lowest BCUT2D eigenvalue weighted by atomic mass is 9.60. The molecule has 0 fully saturated rings. The van der Waals surface area contributed by atoms with Crippen LogP contribution >= 0.6 is 0 Å². The van der Waals surface area contributed by atoms with Crippen molar-refractivity contribution in [1.82, 2.24) is 0 Å². The smallest absolute Gasteiger partial charge is 0.299 e. The molecule has 1 unspecified atom stereocenters. The average Bonchev–Trinajstić information content (AvgIpc) is 2.00. The molecule has 71 valence electrons. The molecule has 0 aromatic heterocycles. The van der Waals surface area contributed by atoms with Gasteiger partial charge in [-0.2, -0.15) is 0 Å². The van der Waals surface area contributed by atoms with E-state index in [2.05, 4.69) is 41.5 Å². The summed E-state index contributed by atoms with van der Waals surface area (Å²) in [6.45, 7) is 13.1. The Morgan fingerprint density at radius 2 is 1.75 bits per heavy atom. The summed E-state index contributed by atoms with van der Waals surface area (Å²) in [5.74, 6) is 0.626. The summed E-state index contributed by atoms with van der Waals surface area (Å²) in [4.78, 5) is 0. The number of rotatable bonds is 5. The second-order valence-corrected chi connectivity index (χ2v) is 4.45. The third-order valence-corrected chi connectivity index (χ3v) is 2.67. The van der Waals surface area contributed by atoms with Crippen molar-refractivity contribution in [1.29, 1.82) is 0 Å². The first-order valence-corrected chi connectivity index (χ1v) is 4.90. The summed E-state index contributed by atoms with van der Waals surface area (Å²) in [5.41, 5.74) is 0.